The van der Waals surface area contributed by atoms with Crippen LogP contribution in [0.25, 0.3) is 0 Å². The van der Waals surface area contributed by atoms with Gasteiger partial charge in [-0.25, -0.2) is 0 Å². The number of aryl methyl sites for hydroxylation is 1. The van der Waals surface area contributed by atoms with Crippen molar-refractivity contribution in [2.75, 3.05) is 0 Å². The summed E-state index contributed by atoms with van der Waals surface area (Å²) in [7, 11) is 0. The molecule has 0 amide bonds. The quantitative estimate of drug-likeness (QED) is 0.728. The van der Waals surface area contributed by atoms with Crippen LogP contribution in [0.3, 0.4) is 0 Å². The van der Waals surface area contributed by atoms with Gasteiger partial charge in [0.15, 0.2) is 0 Å². The number of benzene rings is 1. The van der Waals surface area contributed by atoms with Crippen molar-refractivity contribution in [1.82, 2.24) is 0 Å². The number of hydrogen-bond donors (Lipinski definition) is 0. The van der Waals surface area contributed by atoms with Gasteiger partial charge in [0.05, 0.1) is 0 Å². The number of Topliss-reactive ketones (excluding diaryl/α,β-unsaturated/α-hetero) is 1. The smallest absolute Gasteiger partial charge is 0.134 e. The normalized spacial score (nSPS) is 19.2. The molecule has 1 aromatic carbocycles. The van der Waals surface area contributed by atoms with Gasteiger partial charge in [-0.05, 0) is 41.1 Å². The molecule has 1 aliphatic rings. The van der Waals surface area contributed by atoms with E-state index in [1.807, 2.05) is 0 Å². The van der Waals surface area contributed by atoms with Crippen LogP contribution in [-0.4, -0.2) is 5.78 Å². The van der Waals surface area contributed by atoms with E-state index in [1.54, 1.807) is 0 Å². The Morgan fingerprint density at radius 2 is 2.00 bits per heavy atom. The van der Waals surface area contributed by atoms with Gasteiger partial charge in [-0.3, -0.25) is 4.79 Å². The molecule has 0 aromatic heterocycles. The fraction of sp³-hybridized carbons (Fsp3) is 0.417. The second-order valence-corrected chi connectivity index (χ2v) is 5.60. The maximum absolute atomic E-state index is 11.1. The highest BCUT2D eigenvalue weighted by Crippen LogP contribution is 2.42. The van der Waals surface area contributed by atoms with Gasteiger partial charge in [-0.1, -0.05) is 24.6 Å². The number of halogens is 1. The van der Waals surface area contributed by atoms with Crippen molar-refractivity contribution in [3.05, 3.63) is 32.9 Å². The first kappa shape index (κ1) is 10.1. The molecular formula is C12H13IO. The van der Waals surface area contributed by atoms with Crippen molar-refractivity contribution in [2.24, 2.45) is 0 Å². The average molecular weight is 300 g/mol. The van der Waals surface area contributed by atoms with E-state index in [0.29, 0.717) is 18.6 Å². The Bertz CT molecular complexity index is 387. The highest BCUT2D eigenvalue weighted by Gasteiger charge is 2.41. The Morgan fingerprint density at radius 3 is 2.57 bits per heavy atom. The van der Waals surface area contributed by atoms with E-state index in [4.69, 9.17) is 0 Å². The molecule has 1 aliphatic carbocycles. The van der Waals surface area contributed by atoms with E-state index in [1.165, 1.54) is 14.7 Å². The van der Waals surface area contributed by atoms with Crippen molar-refractivity contribution in [1.29, 1.82) is 0 Å². The molecule has 0 aliphatic heterocycles. The number of carbonyl (C=O) groups is 1. The maximum atomic E-state index is 11.1. The number of ketones is 1. The first-order chi connectivity index (χ1) is 6.51. The fourth-order valence-corrected chi connectivity index (χ4v) is 3.10. The van der Waals surface area contributed by atoms with E-state index in [-0.39, 0.29) is 5.41 Å². The van der Waals surface area contributed by atoms with Crippen LogP contribution in [-0.2, 0) is 10.2 Å². The van der Waals surface area contributed by atoms with Crippen molar-refractivity contribution in [3.8, 4) is 0 Å². The van der Waals surface area contributed by atoms with Gasteiger partial charge in [0.25, 0.3) is 0 Å². The monoisotopic (exact) mass is 300 g/mol. The summed E-state index contributed by atoms with van der Waals surface area (Å²) in [4.78, 5) is 11.1. The first-order valence-corrected chi connectivity index (χ1v) is 5.87. The molecule has 0 unspecified atom stereocenters. The van der Waals surface area contributed by atoms with E-state index in [9.17, 15) is 4.79 Å². The van der Waals surface area contributed by atoms with Crippen LogP contribution in [0.4, 0.5) is 0 Å². The minimum Gasteiger partial charge on any atom is -0.300 e. The molecule has 1 aromatic rings. The third-order valence-corrected chi connectivity index (χ3v) is 3.89. The number of rotatable bonds is 1. The second-order valence-electron chi connectivity index (χ2n) is 4.44. The summed E-state index contributed by atoms with van der Waals surface area (Å²) < 4.78 is 1.28. The maximum Gasteiger partial charge on any atom is 0.134 e. The number of carbonyl (C=O) groups excluding carboxylic acids is 1. The topological polar surface area (TPSA) is 17.1 Å². The largest absolute Gasteiger partial charge is 0.300 e. The van der Waals surface area contributed by atoms with Gasteiger partial charge in [0.1, 0.15) is 5.78 Å². The van der Waals surface area contributed by atoms with Crippen LogP contribution >= 0.6 is 22.6 Å². The predicted octanol–water partition coefficient (Wildman–Crippen LogP) is 3.22. The third kappa shape index (κ3) is 1.60. The number of hydrogen-bond acceptors (Lipinski definition) is 1. The summed E-state index contributed by atoms with van der Waals surface area (Å²) in [6.45, 7) is 4.29. The zero-order valence-corrected chi connectivity index (χ0v) is 10.6. The Kier molecular flexibility index (Phi) is 2.41. The Morgan fingerprint density at radius 1 is 1.36 bits per heavy atom. The lowest BCUT2D eigenvalue weighted by Gasteiger charge is -2.38. The van der Waals surface area contributed by atoms with Crippen LogP contribution in [0.15, 0.2) is 18.2 Å². The summed E-state index contributed by atoms with van der Waals surface area (Å²) in [5, 5.41) is 0. The second kappa shape index (κ2) is 3.33. The van der Waals surface area contributed by atoms with E-state index < -0.39 is 0 Å². The van der Waals surface area contributed by atoms with Crippen LogP contribution in [0.2, 0.25) is 0 Å². The van der Waals surface area contributed by atoms with Gasteiger partial charge in [0.2, 0.25) is 0 Å². The molecule has 1 fully saturated rings. The van der Waals surface area contributed by atoms with Gasteiger partial charge >= 0.3 is 0 Å². The molecule has 0 radical (unpaired) electrons. The zero-order chi connectivity index (χ0) is 10.3. The van der Waals surface area contributed by atoms with Crippen molar-refractivity contribution in [3.63, 3.8) is 0 Å². The van der Waals surface area contributed by atoms with Crippen LogP contribution in [0, 0.1) is 10.5 Å². The van der Waals surface area contributed by atoms with E-state index in [0.717, 1.165) is 0 Å². The van der Waals surface area contributed by atoms with Crippen LogP contribution in [0.5, 0.6) is 0 Å². The summed E-state index contributed by atoms with van der Waals surface area (Å²) in [6.07, 6.45) is 1.43. The van der Waals surface area contributed by atoms with Crippen LogP contribution < -0.4 is 0 Å². The molecule has 0 saturated heterocycles. The zero-order valence-electron chi connectivity index (χ0n) is 8.43. The van der Waals surface area contributed by atoms with Gasteiger partial charge < -0.3 is 0 Å². The SMILES string of the molecule is Cc1ccc(I)c(C2(C)CC(=O)C2)c1. The summed E-state index contributed by atoms with van der Waals surface area (Å²) in [5.74, 6) is 0.393. The third-order valence-electron chi connectivity index (χ3n) is 2.95. The Labute approximate surface area is 98.0 Å². The van der Waals surface area contributed by atoms with Crippen molar-refractivity contribution < 1.29 is 4.79 Å². The molecule has 0 spiro atoms. The molecular weight excluding hydrogens is 287 g/mol. The summed E-state index contributed by atoms with van der Waals surface area (Å²) in [6, 6.07) is 6.47. The predicted molar refractivity (Wildman–Crippen MR) is 65.5 cm³/mol. The molecule has 2 rings (SSSR count). The molecule has 74 valence electrons. The standard InChI is InChI=1S/C12H13IO/c1-8-3-4-11(13)10(5-8)12(2)6-9(14)7-12/h3-5H,6-7H2,1-2H3. The highest BCUT2D eigenvalue weighted by molar-refractivity contribution is 14.1. The Hall–Kier alpha value is -0.380. The molecule has 0 atom stereocenters. The summed E-state index contributed by atoms with van der Waals surface area (Å²) >= 11 is 2.36. The first-order valence-electron chi connectivity index (χ1n) is 4.80. The molecule has 1 saturated carbocycles. The van der Waals surface area contributed by atoms with Gasteiger partial charge in [-0.15, -0.1) is 0 Å². The minimum atomic E-state index is 0.111. The molecule has 14 heavy (non-hydrogen) atoms. The lowest BCUT2D eigenvalue weighted by molar-refractivity contribution is -0.127. The molecule has 2 heteroatoms. The lowest BCUT2D eigenvalue weighted by atomic mass is 9.65. The highest BCUT2D eigenvalue weighted by atomic mass is 127. The van der Waals surface area contributed by atoms with Crippen LogP contribution in [0.1, 0.15) is 30.9 Å². The van der Waals surface area contributed by atoms with E-state index in [2.05, 4.69) is 54.6 Å². The fourth-order valence-electron chi connectivity index (χ4n) is 2.11. The molecule has 0 heterocycles. The van der Waals surface area contributed by atoms with Gasteiger partial charge in [0, 0.05) is 21.8 Å². The molecule has 0 bridgehead atoms. The average Bonchev–Trinajstić information content (AvgIpc) is 2.07. The Balaban J connectivity index is 2.41. The minimum absolute atomic E-state index is 0.111. The summed E-state index contributed by atoms with van der Waals surface area (Å²) in [5.41, 5.74) is 2.73. The lowest BCUT2D eigenvalue weighted by Crippen LogP contribution is -2.39. The van der Waals surface area contributed by atoms with Crippen molar-refractivity contribution in [2.45, 2.75) is 32.1 Å². The molecule has 1 nitrogen and oxygen atoms in total. The van der Waals surface area contributed by atoms with Crippen molar-refractivity contribution >= 4 is 28.4 Å². The molecule has 0 N–H and O–H groups in total. The van der Waals surface area contributed by atoms with Gasteiger partial charge in [-0.2, -0.15) is 0 Å². The van der Waals surface area contributed by atoms with E-state index >= 15 is 0 Å².